The molecule has 0 saturated heterocycles. The van der Waals surface area contributed by atoms with E-state index in [0.29, 0.717) is 18.7 Å². The Balaban J connectivity index is 2.83. The van der Waals surface area contributed by atoms with Crippen LogP contribution >= 0.6 is 22.6 Å². The average Bonchev–Trinajstić information content (AvgIpc) is 2.34. The van der Waals surface area contributed by atoms with Crippen LogP contribution in [0.15, 0.2) is 24.3 Å². The van der Waals surface area contributed by atoms with Crippen molar-refractivity contribution in [3.63, 3.8) is 0 Å². The summed E-state index contributed by atoms with van der Waals surface area (Å²) >= 11 is 2.18. The molecule has 3 nitrogen and oxygen atoms in total. The Labute approximate surface area is 116 Å². The van der Waals surface area contributed by atoms with Gasteiger partial charge >= 0.3 is 0 Å². The number of hydrogen-bond donors (Lipinski definition) is 0. The number of amides is 1. The summed E-state index contributed by atoms with van der Waals surface area (Å²) in [5.74, 6) is -0.144. The molecule has 90 valence electrons. The molecule has 0 bridgehead atoms. The molecule has 0 aliphatic rings. The number of benzene rings is 1. The van der Waals surface area contributed by atoms with Crippen LogP contribution in [0.4, 0.5) is 0 Å². The van der Waals surface area contributed by atoms with E-state index < -0.39 is 0 Å². The highest BCUT2D eigenvalue weighted by molar-refractivity contribution is 14.1. The van der Waals surface area contributed by atoms with E-state index in [1.54, 1.807) is 4.90 Å². The molecule has 1 atom stereocenters. The van der Waals surface area contributed by atoms with E-state index in [0.717, 1.165) is 3.57 Å². The van der Waals surface area contributed by atoms with Crippen molar-refractivity contribution in [2.75, 3.05) is 13.1 Å². The van der Waals surface area contributed by atoms with Crippen LogP contribution in [0.1, 0.15) is 24.2 Å². The molecule has 0 aliphatic heterocycles. The summed E-state index contributed by atoms with van der Waals surface area (Å²) in [6.45, 7) is 4.86. The molecule has 1 aromatic carbocycles. The number of hydrogen-bond acceptors (Lipinski definition) is 2. The van der Waals surface area contributed by atoms with Gasteiger partial charge < -0.3 is 4.90 Å². The van der Waals surface area contributed by atoms with Gasteiger partial charge in [0, 0.05) is 22.2 Å². The lowest BCUT2D eigenvalue weighted by molar-refractivity contribution is 0.0752. The molecule has 0 aliphatic carbocycles. The Morgan fingerprint density at radius 1 is 1.59 bits per heavy atom. The van der Waals surface area contributed by atoms with Gasteiger partial charge in [-0.15, -0.1) is 0 Å². The van der Waals surface area contributed by atoms with Crippen molar-refractivity contribution in [3.8, 4) is 6.07 Å². The lowest BCUT2D eigenvalue weighted by Crippen LogP contribution is -2.34. The summed E-state index contributed by atoms with van der Waals surface area (Å²) in [5, 5.41) is 8.79. The van der Waals surface area contributed by atoms with Gasteiger partial charge in [0.05, 0.1) is 12.0 Å². The van der Waals surface area contributed by atoms with Gasteiger partial charge in [-0.3, -0.25) is 4.79 Å². The summed E-state index contributed by atoms with van der Waals surface area (Å²) in [7, 11) is 0. The summed E-state index contributed by atoms with van der Waals surface area (Å²) in [6, 6.07) is 9.65. The standard InChI is InChI=1S/C13H15IN2O/c1-3-16(9-10(2)8-15)13(17)11-5-4-6-12(14)7-11/h4-7,10H,3,9H2,1-2H3. The molecule has 0 aromatic heterocycles. The first kappa shape index (κ1) is 14.0. The number of halogens is 1. The Kier molecular flexibility index (Phi) is 5.42. The van der Waals surface area contributed by atoms with Crippen molar-refractivity contribution in [2.45, 2.75) is 13.8 Å². The smallest absolute Gasteiger partial charge is 0.253 e. The van der Waals surface area contributed by atoms with Gasteiger partial charge in [-0.05, 0) is 54.6 Å². The van der Waals surface area contributed by atoms with Crippen molar-refractivity contribution in [2.24, 2.45) is 5.92 Å². The van der Waals surface area contributed by atoms with Gasteiger partial charge in [0.2, 0.25) is 0 Å². The molecule has 0 radical (unpaired) electrons. The van der Waals surface area contributed by atoms with Crippen LogP contribution in [0.3, 0.4) is 0 Å². The fourth-order valence-corrected chi connectivity index (χ4v) is 2.07. The first-order chi connectivity index (χ1) is 8.08. The van der Waals surface area contributed by atoms with Gasteiger partial charge in [-0.25, -0.2) is 0 Å². The largest absolute Gasteiger partial charge is 0.338 e. The van der Waals surface area contributed by atoms with Crippen LogP contribution in [0.5, 0.6) is 0 Å². The highest BCUT2D eigenvalue weighted by atomic mass is 127. The Bertz CT molecular complexity index is 439. The molecule has 1 rings (SSSR count). The molecular weight excluding hydrogens is 327 g/mol. The zero-order valence-electron chi connectivity index (χ0n) is 9.98. The number of carbonyl (C=O) groups excluding carboxylic acids is 1. The minimum atomic E-state index is -0.137. The van der Waals surface area contributed by atoms with Crippen LogP contribution < -0.4 is 0 Å². The zero-order valence-corrected chi connectivity index (χ0v) is 12.1. The molecule has 1 amide bonds. The van der Waals surface area contributed by atoms with Crippen molar-refractivity contribution in [3.05, 3.63) is 33.4 Å². The van der Waals surface area contributed by atoms with Gasteiger partial charge in [0.15, 0.2) is 0 Å². The lowest BCUT2D eigenvalue weighted by Gasteiger charge is -2.22. The van der Waals surface area contributed by atoms with Crippen molar-refractivity contribution in [1.82, 2.24) is 4.90 Å². The topological polar surface area (TPSA) is 44.1 Å². The maximum Gasteiger partial charge on any atom is 0.253 e. The van der Waals surface area contributed by atoms with Crippen LogP contribution in [-0.4, -0.2) is 23.9 Å². The quantitative estimate of drug-likeness (QED) is 0.790. The molecule has 0 heterocycles. The van der Waals surface area contributed by atoms with Crippen LogP contribution in [0.2, 0.25) is 0 Å². The van der Waals surface area contributed by atoms with E-state index in [1.807, 2.05) is 38.1 Å². The Morgan fingerprint density at radius 2 is 2.29 bits per heavy atom. The van der Waals surface area contributed by atoms with E-state index in [9.17, 15) is 4.79 Å². The Hall–Kier alpha value is -1.09. The maximum absolute atomic E-state index is 12.2. The van der Waals surface area contributed by atoms with Gasteiger partial charge in [0.25, 0.3) is 5.91 Å². The number of nitrogens with zero attached hydrogens (tertiary/aromatic N) is 2. The molecule has 0 spiro atoms. The first-order valence-corrected chi connectivity index (χ1v) is 6.60. The molecule has 0 N–H and O–H groups in total. The monoisotopic (exact) mass is 342 g/mol. The summed E-state index contributed by atoms with van der Waals surface area (Å²) in [5.41, 5.74) is 0.684. The summed E-state index contributed by atoms with van der Waals surface area (Å²) in [4.78, 5) is 13.9. The molecular formula is C13H15IN2O. The predicted molar refractivity (Wildman–Crippen MR) is 75.5 cm³/mol. The maximum atomic E-state index is 12.2. The first-order valence-electron chi connectivity index (χ1n) is 5.53. The van der Waals surface area contributed by atoms with E-state index in [1.165, 1.54) is 0 Å². The van der Waals surface area contributed by atoms with Crippen LogP contribution in [0, 0.1) is 20.8 Å². The third-order valence-electron chi connectivity index (χ3n) is 2.46. The summed E-state index contributed by atoms with van der Waals surface area (Å²) in [6.07, 6.45) is 0. The molecule has 1 unspecified atom stereocenters. The minimum absolute atomic E-state index is 0.00637. The highest BCUT2D eigenvalue weighted by Crippen LogP contribution is 2.11. The Morgan fingerprint density at radius 3 is 2.82 bits per heavy atom. The van der Waals surface area contributed by atoms with Gasteiger partial charge in [-0.2, -0.15) is 5.26 Å². The van der Waals surface area contributed by atoms with Gasteiger partial charge in [0.1, 0.15) is 0 Å². The second-order valence-electron chi connectivity index (χ2n) is 3.88. The van der Waals surface area contributed by atoms with Crippen molar-refractivity contribution >= 4 is 28.5 Å². The molecule has 4 heteroatoms. The SMILES string of the molecule is CCN(CC(C)C#N)C(=O)c1cccc(I)c1. The average molecular weight is 342 g/mol. The number of rotatable bonds is 4. The third kappa shape index (κ3) is 4.00. The summed E-state index contributed by atoms with van der Waals surface area (Å²) < 4.78 is 1.04. The van der Waals surface area contributed by atoms with Crippen LogP contribution in [-0.2, 0) is 0 Å². The molecule has 0 saturated carbocycles. The molecule has 0 fully saturated rings. The minimum Gasteiger partial charge on any atom is -0.338 e. The van der Waals surface area contributed by atoms with Crippen molar-refractivity contribution < 1.29 is 4.79 Å². The third-order valence-corrected chi connectivity index (χ3v) is 3.13. The highest BCUT2D eigenvalue weighted by Gasteiger charge is 2.16. The lowest BCUT2D eigenvalue weighted by atomic mass is 10.1. The van der Waals surface area contributed by atoms with E-state index in [2.05, 4.69) is 28.7 Å². The fourth-order valence-electron chi connectivity index (χ4n) is 1.53. The van der Waals surface area contributed by atoms with Crippen molar-refractivity contribution in [1.29, 1.82) is 5.26 Å². The number of nitriles is 1. The predicted octanol–water partition coefficient (Wildman–Crippen LogP) is 2.91. The zero-order chi connectivity index (χ0) is 12.8. The normalized spacial score (nSPS) is 11.6. The molecule has 17 heavy (non-hydrogen) atoms. The number of carbonyl (C=O) groups is 1. The van der Waals surface area contributed by atoms with Crippen LogP contribution in [0.25, 0.3) is 0 Å². The fraction of sp³-hybridized carbons (Fsp3) is 0.385. The van der Waals surface area contributed by atoms with Gasteiger partial charge in [-0.1, -0.05) is 6.07 Å². The second kappa shape index (κ2) is 6.60. The molecule has 1 aromatic rings. The van der Waals surface area contributed by atoms with E-state index in [-0.39, 0.29) is 11.8 Å². The van der Waals surface area contributed by atoms with E-state index in [4.69, 9.17) is 5.26 Å². The second-order valence-corrected chi connectivity index (χ2v) is 5.13. The van der Waals surface area contributed by atoms with E-state index >= 15 is 0 Å².